The minimum Gasteiger partial charge on any atom is -0.444 e. The maximum atomic E-state index is 11.7. The Labute approximate surface area is 96.8 Å². The zero-order chi connectivity index (χ0) is 11.6. The summed E-state index contributed by atoms with van der Waals surface area (Å²) >= 11 is 4.33. The van der Waals surface area contributed by atoms with Crippen LogP contribution in [0.4, 0.5) is 4.79 Å². The normalized spacial score (nSPS) is 27.7. The molecule has 1 heterocycles. The number of ether oxygens (including phenoxy) is 1. The molecule has 1 aliphatic rings. The summed E-state index contributed by atoms with van der Waals surface area (Å²) in [6, 6.07) is 0.258. The average Bonchev–Trinajstić information content (AvgIpc) is 1.98. The van der Waals surface area contributed by atoms with E-state index in [9.17, 15) is 4.79 Å². The second-order valence-electron chi connectivity index (χ2n) is 4.97. The number of carbonyl (C=O) groups excluding carboxylic acids is 1. The second kappa shape index (κ2) is 4.61. The van der Waals surface area contributed by atoms with Crippen LogP contribution in [0.15, 0.2) is 0 Å². The standard InChI is InChI=1S/C10H20N2O2S/c1-7-5-12(6-8(15)11-7)9(13)14-10(2,3)4/h7-8,11,15H,5-6H2,1-4H3. The molecule has 2 atom stereocenters. The third kappa shape index (κ3) is 4.30. The highest BCUT2D eigenvalue weighted by atomic mass is 32.1. The Morgan fingerprint density at radius 2 is 2.07 bits per heavy atom. The molecule has 0 aliphatic carbocycles. The predicted octanol–water partition coefficient (Wildman–Crippen LogP) is 1.47. The van der Waals surface area contributed by atoms with Crippen molar-refractivity contribution in [3.8, 4) is 0 Å². The highest BCUT2D eigenvalue weighted by Gasteiger charge is 2.28. The molecule has 0 aromatic carbocycles. The maximum absolute atomic E-state index is 11.7. The summed E-state index contributed by atoms with van der Waals surface area (Å²) in [6.45, 7) is 8.90. The first kappa shape index (κ1) is 12.6. The zero-order valence-electron chi connectivity index (χ0n) is 9.78. The van der Waals surface area contributed by atoms with E-state index in [4.69, 9.17) is 4.74 Å². The minimum absolute atomic E-state index is 0.0290. The van der Waals surface area contributed by atoms with E-state index < -0.39 is 5.60 Å². The quantitative estimate of drug-likeness (QED) is 0.622. The molecule has 15 heavy (non-hydrogen) atoms. The van der Waals surface area contributed by atoms with Crippen molar-refractivity contribution in [1.82, 2.24) is 10.2 Å². The van der Waals surface area contributed by atoms with Crippen molar-refractivity contribution in [1.29, 1.82) is 0 Å². The first-order valence-electron chi connectivity index (χ1n) is 5.20. The molecule has 0 saturated carbocycles. The van der Waals surface area contributed by atoms with Gasteiger partial charge >= 0.3 is 6.09 Å². The Morgan fingerprint density at radius 1 is 1.47 bits per heavy atom. The number of carbonyl (C=O) groups is 1. The maximum Gasteiger partial charge on any atom is 0.410 e. The highest BCUT2D eigenvalue weighted by Crippen LogP contribution is 2.13. The molecule has 0 aromatic rings. The van der Waals surface area contributed by atoms with Crippen molar-refractivity contribution < 1.29 is 9.53 Å². The van der Waals surface area contributed by atoms with Crippen molar-refractivity contribution in [3.05, 3.63) is 0 Å². The first-order chi connectivity index (χ1) is 6.78. The van der Waals surface area contributed by atoms with Gasteiger partial charge in [-0.2, -0.15) is 12.6 Å². The molecule has 0 bridgehead atoms. The van der Waals surface area contributed by atoms with Crippen LogP contribution in [0, 0.1) is 0 Å². The number of hydrogen-bond donors (Lipinski definition) is 2. The van der Waals surface area contributed by atoms with Gasteiger partial charge < -0.3 is 9.64 Å². The van der Waals surface area contributed by atoms with Crippen LogP contribution in [0.3, 0.4) is 0 Å². The molecule has 0 spiro atoms. The summed E-state index contributed by atoms with van der Waals surface area (Å²) < 4.78 is 5.30. The molecule has 1 saturated heterocycles. The smallest absolute Gasteiger partial charge is 0.410 e. The fourth-order valence-electron chi connectivity index (χ4n) is 1.52. The largest absolute Gasteiger partial charge is 0.444 e. The van der Waals surface area contributed by atoms with Gasteiger partial charge in [0.05, 0.1) is 5.37 Å². The molecule has 0 radical (unpaired) electrons. The van der Waals surface area contributed by atoms with Gasteiger partial charge in [0.15, 0.2) is 0 Å². The van der Waals surface area contributed by atoms with Crippen molar-refractivity contribution in [2.24, 2.45) is 0 Å². The average molecular weight is 232 g/mol. The molecule has 0 aromatic heterocycles. The molecule has 4 nitrogen and oxygen atoms in total. The number of rotatable bonds is 0. The molecule has 88 valence electrons. The number of hydrogen-bond acceptors (Lipinski definition) is 4. The Balaban J connectivity index is 2.52. The topological polar surface area (TPSA) is 41.6 Å². The monoisotopic (exact) mass is 232 g/mol. The molecular formula is C10H20N2O2S. The van der Waals surface area contributed by atoms with Crippen LogP contribution < -0.4 is 5.32 Å². The number of thiol groups is 1. The van der Waals surface area contributed by atoms with Crippen molar-refractivity contribution >= 4 is 18.7 Å². The van der Waals surface area contributed by atoms with Gasteiger partial charge in [0, 0.05) is 19.1 Å². The van der Waals surface area contributed by atoms with Gasteiger partial charge in [-0.15, -0.1) is 0 Å². The lowest BCUT2D eigenvalue weighted by Gasteiger charge is -2.36. The lowest BCUT2D eigenvalue weighted by atomic mass is 10.2. The molecule has 1 rings (SSSR count). The van der Waals surface area contributed by atoms with E-state index in [0.29, 0.717) is 13.1 Å². The van der Waals surface area contributed by atoms with E-state index in [1.54, 1.807) is 4.90 Å². The molecule has 1 N–H and O–H groups in total. The number of amides is 1. The van der Waals surface area contributed by atoms with Gasteiger partial charge in [-0.3, -0.25) is 5.32 Å². The fraction of sp³-hybridized carbons (Fsp3) is 0.900. The molecule has 5 heteroatoms. The Hall–Kier alpha value is -0.420. The molecule has 1 amide bonds. The number of piperazine rings is 1. The van der Waals surface area contributed by atoms with Crippen LogP contribution in [0.1, 0.15) is 27.7 Å². The van der Waals surface area contributed by atoms with Crippen LogP contribution in [0.5, 0.6) is 0 Å². The summed E-state index contributed by atoms with van der Waals surface area (Å²) in [4.78, 5) is 13.4. The van der Waals surface area contributed by atoms with Crippen LogP contribution in [-0.4, -0.2) is 41.1 Å². The number of nitrogens with one attached hydrogen (secondary N) is 1. The fourth-order valence-corrected chi connectivity index (χ4v) is 1.97. The van der Waals surface area contributed by atoms with Gasteiger partial charge in [-0.1, -0.05) is 0 Å². The van der Waals surface area contributed by atoms with Crippen molar-refractivity contribution in [2.75, 3.05) is 13.1 Å². The van der Waals surface area contributed by atoms with Crippen LogP contribution in [0.2, 0.25) is 0 Å². The van der Waals surface area contributed by atoms with Gasteiger partial charge in [0.2, 0.25) is 0 Å². The number of nitrogens with zero attached hydrogens (tertiary/aromatic N) is 1. The van der Waals surface area contributed by atoms with Crippen LogP contribution >= 0.6 is 12.6 Å². The minimum atomic E-state index is -0.433. The first-order valence-corrected chi connectivity index (χ1v) is 5.71. The highest BCUT2D eigenvalue weighted by molar-refractivity contribution is 7.80. The van der Waals surface area contributed by atoms with E-state index in [2.05, 4.69) is 17.9 Å². The molecule has 1 aliphatic heterocycles. The SMILES string of the molecule is CC1CN(C(=O)OC(C)(C)C)CC(S)N1. The molecular weight excluding hydrogens is 212 g/mol. The van der Waals surface area contributed by atoms with Crippen LogP contribution in [-0.2, 0) is 4.74 Å². The Morgan fingerprint density at radius 3 is 2.53 bits per heavy atom. The van der Waals surface area contributed by atoms with Gasteiger partial charge in [-0.05, 0) is 27.7 Å². The van der Waals surface area contributed by atoms with E-state index >= 15 is 0 Å². The van der Waals surface area contributed by atoms with E-state index in [0.717, 1.165) is 0 Å². The zero-order valence-corrected chi connectivity index (χ0v) is 10.7. The lowest BCUT2D eigenvalue weighted by molar-refractivity contribution is 0.0191. The van der Waals surface area contributed by atoms with Crippen molar-refractivity contribution in [3.63, 3.8) is 0 Å². The third-order valence-corrected chi connectivity index (χ3v) is 2.33. The van der Waals surface area contributed by atoms with Gasteiger partial charge in [0.25, 0.3) is 0 Å². The Kier molecular flexibility index (Phi) is 3.89. The third-order valence-electron chi connectivity index (χ3n) is 2.02. The molecule has 1 fully saturated rings. The summed E-state index contributed by atoms with van der Waals surface area (Å²) in [6.07, 6.45) is -0.255. The van der Waals surface area contributed by atoms with Crippen LogP contribution in [0.25, 0.3) is 0 Å². The summed E-state index contributed by atoms with van der Waals surface area (Å²) in [5.41, 5.74) is -0.433. The summed E-state index contributed by atoms with van der Waals surface area (Å²) in [5.74, 6) is 0. The predicted molar refractivity (Wildman–Crippen MR) is 63.2 cm³/mol. The van der Waals surface area contributed by atoms with Gasteiger partial charge in [0.1, 0.15) is 5.60 Å². The second-order valence-corrected chi connectivity index (χ2v) is 5.59. The van der Waals surface area contributed by atoms with E-state index in [1.165, 1.54) is 0 Å². The Bertz CT molecular complexity index is 230. The molecule has 2 unspecified atom stereocenters. The van der Waals surface area contributed by atoms with E-state index in [1.807, 2.05) is 27.7 Å². The summed E-state index contributed by atoms with van der Waals surface area (Å²) in [7, 11) is 0. The van der Waals surface area contributed by atoms with Crippen molar-refractivity contribution in [2.45, 2.75) is 44.7 Å². The van der Waals surface area contributed by atoms with E-state index in [-0.39, 0.29) is 17.5 Å². The summed E-state index contributed by atoms with van der Waals surface area (Å²) in [5, 5.41) is 3.27. The lowest BCUT2D eigenvalue weighted by Crippen LogP contribution is -2.55. The van der Waals surface area contributed by atoms with Gasteiger partial charge in [-0.25, -0.2) is 4.79 Å².